The van der Waals surface area contributed by atoms with Gasteiger partial charge in [-0.1, -0.05) is 137 Å². The smallest absolute Gasteiger partial charge is 0.295 e. The van der Waals surface area contributed by atoms with Gasteiger partial charge in [0, 0.05) is 22.1 Å². The number of hydrogen-bond acceptors (Lipinski definition) is 3. The third-order valence-electron chi connectivity index (χ3n) is 7.61. The summed E-state index contributed by atoms with van der Waals surface area (Å²) < 4.78 is 15.7. The van der Waals surface area contributed by atoms with E-state index in [0.717, 1.165) is 30.2 Å². The molecule has 4 nitrogen and oxygen atoms in total. The van der Waals surface area contributed by atoms with Crippen LogP contribution in [0.2, 0.25) is 0 Å². The van der Waals surface area contributed by atoms with Gasteiger partial charge in [0.05, 0.1) is 11.6 Å². The van der Waals surface area contributed by atoms with Crippen LogP contribution >= 0.6 is 15.9 Å². The maximum Gasteiger partial charge on any atom is 0.295 e. The fraction of sp³-hybridized carbons (Fsp3) is 0.515. The van der Waals surface area contributed by atoms with Crippen molar-refractivity contribution in [3.63, 3.8) is 0 Å². The summed E-state index contributed by atoms with van der Waals surface area (Å²) >= 11 is 3.36. The van der Waals surface area contributed by atoms with Crippen LogP contribution < -0.4 is 0 Å². The molecule has 1 fully saturated rings. The number of aliphatic hydroxyl groups excluding tert-OH is 1. The van der Waals surface area contributed by atoms with E-state index in [0.29, 0.717) is 12.1 Å². The fourth-order valence-electron chi connectivity index (χ4n) is 5.37. The van der Waals surface area contributed by atoms with Crippen molar-refractivity contribution < 1.29 is 19.1 Å². The number of ketones is 1. The van der Waals surface area contributed by atoms with Gasteiger partial charge >= 0.3 is 0 Å². The Morgan fingerprint density at radius 3 is 1.85 bits per heavy atom. The monoisotopic (exact) mass is 599 g/mol. The van der Waals surface area contributed by atoms with Gasteiger partial charge < -0.3 is 10.0 Å². The number of unbranched alkanes of at least 4 members (excludes halogenated alkanes) is 13. The zero-order valence-electron chi connectivity index (χ0n) is 23.3. The maximum absolute atomic E-state index is 14.9. The predicted molar refractivity (Wildman–Crippen MR) is 160 cm³/mol. The zero-order valence-corrected chi connectivity index (χ0v) is 24.9. The summed E-state index contributed by atoms with van der Waals surface area (Å²) in [6.45, 7) is 2.60. The third-order valence-corrected chi connectivity index (χ3v) is 8.14. The minimum Gasteiger partial charge on any atom is -0.507 e. The van der Waals surface area contributed by atoms with Crippen LogP contribution in [0.4, 0.5) is 4.39 Å². The molecule has 3 rings (SSSR count). The lowest BCUT2D eigenvalue weighted by Crippen LogP contribution is -2.31. The number of aliphatic hydroxyl groups is 1. The van der Waals surface area contributed by atoms with E-state index in [1.165, 1.54) is 75.2 Å². The Labute approximate surface area is 241 Å². The Hall–Kier alpha value is -2.47. The Morgan fingerprint density at radius 2 is 1.31 bits per heavy atom. The molecule has 2 aromatic rings. The molecule has 1 unspecified atom stereocenters. The van der Waals surface area contributed by atoms with Crippen LogP contribution in [0, 0.1) is 5.82 Å². The first kappa shape index (κ1) is 31.1. The Bertz CT molecular complexity index is 1100. The molecular weight excluding hydrogens is 557 g/mol. The summed E-state index contributed by atoms with van der Waals surface area (Å²) in [6, 6.07) is 12.0. The minimum atomic E-state index is -0.947. The van der Waals surface area contributed by atoms with Crippen molar-refractivity contribution >= 4 is 33.4 Å². The quantitative estimate of drug-likeness (QED) is 0.0852. The molecule has 2 aromatic carbocycles. The molecule has 0 aromatic heterocycles. The highest BCUT2D eigenvalue weighted by molar-refractivity contribution is 9.10. The predicted octanol–water partition coefficient (Wildman–Crippen LogP) is 9.49. The largest absolute Gasteiger partial charge is 0.507 e. The molecule has 1 saturated heterocycles. The van der Waals surface area contributed by atoms with Crippen molar-refractivity contribution in [1.29, 1.82) is 0 Å². The summed E-state index contributed by atoms with van der Waals surface area (Å²) in [6.07, 6.45) is 17.2. The van der Waals surface area contributed by atoms with Crippen LogP contribution in [-0.2, 0) is 9.59 Å². The van der Waals surface area contributed by atoms with Crippen LogP contribution in [-0.4, -0.2) is 28.2 Å². The number of amides is 1. The summed E-state index contributed by atoms with van der Waals surface area (Å²) in [5.74, 6) is -2.24. The van der Waals surface area contributed by atoms with Crippen molar-refractivity contribution in [3.05, 3.63) is 75.5 Å². The molecule has 1 atom stereocenters. The number of benzene rings is 2. The topological polar surface area (TPSA) is 57.6 Å². The van der Waals surface area contributed by atoms with E-state index in [9.17, 15) is 19.1 Å². The Kier molecular flexibility index (Phi) is 13.2. The molecule has 0 aliphatic carbocycles. The number of carbonyl (C=O) groups is 2. The zero-order chi connectivity index (χ0) is 28.0. The first-order valence-electron chi connectivity index (χ1n) is 14.7. The average molecular weight is 601 g/mol. The molecule has 1 amide bonds. The molecule has 1 N–H and O–H groups in total. The number of halogens is 2. The first-order chi connectivity index (χ1) is 19.0. The molecule has 39 heavy (non-hydrogen) atoms. The van der Waals surface area contributed by atoms with Crippen molar-refractivity contribution in [3.8, 4) is 0 Å². The van der Waals surface area contributed by atoms with Crippen molar-refractivity contribution in [2.75, 3.05) is 6.54 Å². The van der Waals surface area contributed by atoms with Crippen LogP contribution in [0.5, 0.6) is 0 Å². The van der Waals surface area contributed by atoms with Crippen molar-refractivity contribution in [2.24, 2.45) is 0 Å². The molecule has 0 spiro atoms. The van der Waals surface area contributed by atoms with E-state index < -0.39 is 23.5 Å². The minimum absolute atomic E-state index is 0.0576. The maximum atomic E-state index is 14.9. The molecule has 0 radical (unpaired) electrons. The average Bonchev–Trinajstić information content (AvgIpc) is 3.18. The van der Waals surface area contributed by atoms with E-state index in [4.69, 9.17) is 0 Å². The summed E-state index contributed by atoms with van der Waals surface area (Å²) in [5, 5.41) is 11.1. The van der Waals surface area contributed by atoms with E-state index in [2.05, 4.69) is 22.9 Å². The lowest BCUT2D eigenvalue weighted by atomic mass is 9.95. The standard InChI is InChI=1S/C33H43BrFNO3/c1-2-3-4-5-6-7-8-9-10-11-12-13-14-17-24-36-30(27-18-15-16-19-28(27)35)29(32(38)33(36)39)31(37)25-20-22-26(34)23-21-25/h15-16,18-23,30,37H,2-14,17,24H2,1H3. The van der Waals surface area contributed by atoms with Gasteiger partial charge in [-0.25, -0.2) is 4.39 Å². The molecule has 1 aliphatic rings. The van der Waals surface area contributed by atoms with E-state index >= 15 is 0 Å². The van der Waals surface area contributed by atoms with Crippen molar-refractivity contribution in [2.45, 2.75) is 103 Å². The highest BCUT2D eigenvalue weighted by atomic mass is 79.9. The molecule has 1 heterocycles. The molecule has 0 saturated carbocycles. The lowest BCUT2D eigenvalue weighted by molar-refractivity contribution is -0.140. The van der Waals surface area contributed by atoms with Crippen LogP contribution in [0.3, 0.4) is 0 Å². The second-order valence-corrected chi connectivity index (χ2v) is 11.5. The highest BCUT2D eigenvalue weighted by Gasteiger charge is 2.46. The lowest BCUT2D eigenvalue weighted by Gasteiger charge is -2.25. The van der Waals surface area contributed by atoms with E-state index in [1.54, 1.807) is 42.5 Å². The number of rotatable bonds is 17. The second kappa shape index (κ2) is 16.6. The third kappa shape index (κ3) is 9.02. The second-order valence-electron chi connectivity index (χ2n) is 10.6. The SMILES string of the molecule is CCCCCCCCCCCCCCCCN1C(=O)C(=O)C(=C(O)c2ccc(Br)cc2)C1c1ccccc1F. The van der Waals surface area contributed by atoms with Gasteiger partial charge in [0.15, 0.2) is 0 Å². The highest BCUT2D eigenvalue weighted by Crippen LogP contribution is 2.40. The van der Waals surface area contributed by atoms with Crippen molar-refractivity contribution in [1.82, 2.24) is 4.90 Å². The molecule has 212 valence electrons. The number of nitrogens with zero attached hydrogens (tertiary/aromatic N) is 1. The number of carbonyl (C=O) groups excluding carboxylic acids is 2. The fourth-order valence-corrected chi connectivity index (χ4v) is 5.64. The van der Waals surface area contributed by atoms with Gasteiger partial charge in [0.2, 0.25) is 0 Å². The van der Waals surface area contributed by atoms with Gasteiger partial charge in [0.1, 0.15) is 11.6 Å². The first-order valence-corrected chi connectivity index (χ1v) is 15.5. The molecule has 0 bridgehead atoms. The normalized spacial score (nSPS) is 16.8. The van der Waals surface area contributed by atoms with Gasteiger partial charge in [0.25, 0.3) is 11.7 Å². The summed E-state index contributed by atoms with van der Waals surface area (Å²) in [4.78, 5) is 27.6. The Morgan fingerprint density at radius 1 is 0.795 bits per heavy atom. The van der Waals surface area contributed by atoms with Gasteiger partial charge in [-0.2, -0.15) is 0 Å². The number of hydrogen-bond donors (Lipinski definition) is 1. The van der Waals surface area contributed by atoms with E-state index in [-0.39, 0.29) is 16.9 Å². The van der Waals surface area contributed by atoms with Gasteiger partial charge in [-0.15, -0.1) is 0 Å². The summed E-state index contributed by atoms with van der Waals surface area (Å²) in [5.41, 5.74) is 0.576. The van der Waals surface area contributed by atoms with Gasteiger partial charge in [-0.3, -0.25) is 9.59 Å². The van der Waals surface area contributed by atoms with Crippen LogP contribution in [0.1, 0.15) is 114 Å². The van der Waals surface area contributed by atoms with E-state index in [1.807, 2.05) is 0 Å². The molecule has 1 aliphatic heterocycles. The number of likely N-dealkylation sites (tertiary alicyclic amines) is 1. The van der Waals surface area contributed by atoms with Crippen LogP contribution in [0.15, 0.2) is 58.6 Å². The molecule has 6 heteroatoms. The number of Topliss-reactive ketones (excluding diaryl/α,β-unsaturated/α-hetero) is 1. The van der Waals surface area contributed by atoms with Gasteiger partial charge in [-0.05, 0) is 24.6 Å². The summed E-state index contributed by atoms with van der Waals surface area (Å²) in [7, 11) is 0. The Balaban J connectivity index is 1.54. The van der Waals surface area contributed by atoms with Crippen LogP contribution in [0.25, 0.3) is 5.76 Å². The molecular formula is C33H43BrFNO3.